The fraction of sp³-hybridized carbons (Fsp3) is 0.889. The minimum absolute atomic E-state index is 0.383. The molecule has 14 heavy (non-hydrogen) atoms. The zero-order valence-electron chi connectivity index (χ0n) is 8.92. The van der Waals surface area contributed by atoms with E-state index in [2.05, 4.69) is 22.7 Å². The Morgan fingerprint density at radius 2 is 2.14 bits per heavy atom. The van der Waals surface area contributed by atoms with Crippen LogP contribution in [0.3, 0.4) is 0 Å². The zero-order chi connectivity index (χ0) is 10.4. The molecule has 1 aliphatic heterocycles. The van der Waals surface area contributed by atoms with E-state index in [4.69, 9.17) is 10.6 Å². The number of hydrazine groups is 1. The molecule has 1 aliphatic rings. The van der Waals surface area contributed by atoms with E-state index in [-0.39, 0.29) is 0 Å². The topological polar surface area (TPSA) is 71.7 Å². The minimum atomic E-state index is 0.383. The Hall–Kier alpha value is -0.810. The van der Waals surface area contributed by atoms with E-state index in [1.54, 1.807) is 7.05 Å². The van der Waals surface area contributed by atoms with Crippen molar-refractivity contribution in [1.29, 1.82) is 0 Å². The van der Waals surface area contributed by atoms with Crippen molar-refractivity contribution < 1.29 is 4.74 Å². The lowest BCUT2D eigenvalue weighted by molar-refractivity contribution is 0.0581. The van der Waals surface area contributed by atoms with Crippen LogP contribution in [-0.2, 0) is 4.74 Å². The molecule has 1 unspecified atom stereocenters. The monoisotopic (exact) mass is 200 g/mol. The van der Waals surface area contributed by atoms with Crippen LogP contribution in [-0.4, -0.2) is 32.3 Å². The summed E-state index contributed by atoms with van der Waals surface area (Å²) in [7, 11) is 1.71. The molecule has 0 spiro atoms. The molecule has 5 heteroatoms. The van der Waals surface area contributed by atoms with Crippen LogP contribution < -0.4 is 16.6 Å². The van der Waals surface area contributed by atoms with E-state index < -0.39 is 0 Å². The highest BCUT2D eigenvalue weighted by Gasteiger charge is 2.20. The van der Waals surface area contributed by atoms with E-state index in [0.717, 1.165) is 26.1 Å². The van der Waals surface area contributed by atoms with Gasteiger partial charge in [0, 0.05) is 26.3 Å². The Bertz CT molecular complexity index is 189. The lowest BCUT2D eigenvalue weighted by atomic mass is 9.93. The molecule has 0 aromatic heterocycles. The van der Waals surface area contributed by atoms with Gasteiger partial charge in [0.1, 0.15) is 0 Å². The highest BCUT2D eigenvalue weighted by atomic mass is 16.5. The van der Waals surface area contributed by atoms with Crippen molar-refractivity contribution >= 4 is 5.96 Å². The normalized spacial score (nSPS) is 21.8. The largest absolute Gasteiger partial charge is 0.381 e. The Kier molecular flexibility index (Phi) is 4.69. The van der Waals surface area contributed by atoms with Gasteiger partial charge in [-0.25, -0.2) is 5.84 Å². The second kappa shape index (κ2) is 5.82. The van der Waals surface area contributed by atoms with Gasteiger partial charge < -0.3 is 10.1 Å². The molecule has 0 saturated carbocycles. The number of guanidine groups is 1. The highest BCUT2D eigenvalue weighted by Crippen LogP contribution is 2.18. The fourth-order valence-electron chi connectivity index (χ4n) is 1.72. The summed E-state index contributed by atoms with van der Waals surface area (Å²) in [5.74, 6) is 6.58. The molecule has 0 amide bonds. The Labute approximate surface area is 85.1 Å². The maximum atomic E-state index is 5.31. The molecular formula is C9H20N4O. The van der Waals surface area contributed by atoms with Crippen molar-refractivity contribution in [3.05, 3.63) is 0 Å². The van der Waals surface area contributed by atoms with E-state index in [1.807, 2.05) is 0 Å². The third-order valence-corrected chi connectivity index (χ3v) is 2.70. The summed E-state index contributed by atoms with van der Waals surface area (Å²) in [5, 5.41) is 3.24. The molecule has 0 aromatic rings. The number of ether oxygens (including phenoxy) is 1. The molecular weight excluding hydrogens is 180 g/mol. The number of hydrogen-bond donors (Lipinski definition) is 3. The zero-order valence-corrected chi connectivity index (χ0v) is 8.92. The van der Waals surface area contributed by atoms with Gasteiger partial charge in [0.25, 0.3) is 0 Å². The number of nitrogens with zero attached hydrogens (tertiary/aromatic N) is 1. The second-order valence-corrected chi connectivity index (χ2v) is 3.60. The molecule has 82 valence electrons. The van der Waals surface area contributed by atoms with Gasteiger partial charge in [0.05, 0.1) is 0 Å². The van der Waals surface area contributed by atoms with Gasteiger partial charge in [-0.2, -0.15) is 0 Å². The summed E-state index contributed by atoms with van der Waals surface area (Å²) in [6.45, 7) is 3.88. The third-order valence-electron chi connectivity index (χ3n) is 2.70. The molecule has 0 aromatic carbocycles. The van der Waals surface area contributed by atoms with Crippen molar-refractivity contribution in [3.63, 3.8) is 0 Å². The maximum absolute atomic E-state index is 5.31. The van der Waals surface area contributed by atoms with E-state index >= 15 is 0 Å². The highest BCUT2D eigenvalue weighted by molar-refractivity contribution is 5.79. The first-order valence-electron chi connectivity index (χ1n) is 5.05. The van der Waals surface area contributed by atoms with Crippen LogP contribution >= 0.6 is 0 Å². The number of nitrogens with one attached hydrogen (secondary N) is 2. The van der Waals surface area contributed by atoms with Crippen molar-refractivity contribution in [2.75, 3.05) is 20.3 Å². The van der Waals surface area contributed by atoms with Crippen LogP contribution in [0.2, 0.25) is 0 Å². The summed E-state index contributed by atoms with van der Waals surface area (Å²) in [4.78, 5) is 3.98. The predicted molar refractivity (Wildman–Crippen MR) is 56.8 cm³/mol. The fourth-order valence-corrected chi connectivity index (χ4v) is 1.72. The summed E-state index contributed by atoms with van der Waals surface area (Å²) >= 11 is 0. The van der Waals surface area contributed by atoms with E-state index in [0.29, 0.717) is 17.9 Å². The molecule has 1 atom stereocenters. The summed E-state index contributed by atoms with van der Waals surface area (Å²) in [6, 6.07) is 0.383. The van der Waals surface area contributed by atoms with E-state index in [1.165, 1.54) is 0 Å². The molecule has 1 rings (SSSR count). The Balaban J connectivity index is 2.35. The molecule has 1 saturated heterocycles. The summed E-state index contributed by atoms with van der Waals surface area (Å²) in [5.41, 5.74) is 2.53. The Morgan fingerprint density at radius 3 is 2.64 bits per heavy atom. The summed E-state index contributed by atoms with van der Waals surface area (Å²) in [6.07, 6.45) is 2.21. The summed E-state index contributed by atoms with van der Waals surface area (Å²) < 4.78 is 5.31. The first kappa shape index (κ1) is 11.3. The number of hydrogen-bond acceptors (Lipinski definition) is 3. The molecule has 0 bridgehead atoms. The molecule has 1 fully saturated rings. The second-order valence-electron chi connectivity index (χ2n) is 3.60. The van der Waals surface area contributed by atoms with Crippen LogP contribution in [0.15, 0.2) is 4.99 Å². The lowest BCUT2D eigenvalue weighted by Gasteiger charge is -2.29. The average molecular weight is 200 g/mol. The van der Waals surface area contributed by atoms with Crippen LogP contribution in [0.4, 0.5) is 0 Å². The van der Waals surface area contributed by atoms with E-state index in [9.17, 15) is 0 Å². The number of rotatable bonds is 2. The minimum Gasteiger partial charge on any atom is -0.381 e. The van der Waals surface area contributed by atoms with Gasteiger partial charge in [0.2, 0.25) is 5.96 Å². The van der Waals surface area contributed by atoms with Crippen LogP contribution in [0.1, 0.15) is 19.8 Å². The predicted octanol–water partition coefficient (Wildman–Crippen LogP) is -0.160. The first-order chi connectivity index (χ1) is 6.77. The number of aliphatic imine (C=N–C) groups is 1. The molecule has 4 N–H and O–H groups in total. The SMILES string of the molecule is CN=C(NN)NC(C)C1CCOCC1. The van der Waals surface area contributed by atoms with Crippen molar-refractivity contribution in [3.8, 4) is 0 Å². The van der Waals surface area contributed by atoms with Crippen LogP contribution in [0, 0.1) is 5.92 Å². The lowest BCUT2D eigenvalue weighted by Crippen LogP contribution is -2.48. The van der Waals surface area contributed by atoms with Gasteiger partial charge >= 0.3 is 0 Å². The smallest absolute Gasteiger partial charge is 0.205 e. The average Bonchev–Trinajstić information content (AvgIpc) is 2.26. The molecule has 0 aliphatic carbocycles. The van der Waals surface area contributed by atoms with Crippen molar-refractivity contribution in [2.24, 2.45) is 16.8 Å². The quantitative estimate of drug-likeness (QED) is 0.251. The maximum Gasteiger partial charge on any atom is 0.205 e. The van der Waals surface area contributed by atoms with Gasteiger partial charge in [0.15, 0.2) is 0 Å². The van der Waals surface area contributed by atoms with Gasteiger partial charge in [-0.15, -0.1) is 0 Å². The van der Waals surface area contributed by atoms with Crippen molar-refractivity contribution in [1.82, 2.24) is 10.7 Å². The molecule has 5 nitrogen and oxygen atoms in total. The van der Waals surface area contributed by atoms with Gasteiger partial charge in [-0.3, -0.25) is 10.4 Å². The standard InChI is InChI=1S/C9H20N4O/c1-7(12-9(11-2)13-10)8-3-5-14-6-4-8/h7-8H,3-6,10H2,1-2H3,(H2,11,12,13). The van der Waals surface area contributed by atoms with Gasteiger partial charge in [-0.05, 0) is 25.7 Å². The first-order valence-corrected chi connectivity index (χ1v) is 5.05. The van der Waals surface area contributed by atoms with Crippen LogP contribution in [0.5, 0.6) is 0 Å². The van der Waals surface area contributed by atoms with Crippen molar-refractivity contribution in [2.45, 2.75) is 25.8 Å². The number of nitrogens with two attached hydrogens (primary N) is 1. The molecule has 1 heterocycles. The van der Waals surface area contributed by atoms with Crippen LogP contribution in [0.25, 0.3) is 0 Å². The Morgan fingerprint density at radius 1 is 1.50 bits per heavy atom. The third kappa shape index (κ3) is 3.16. The van der Waals surface area contributed by atoms with Gasteiger partial charge in [-0.1, -0.05) is 0 Å². The molecule has 0 radical (unpaired) electrons.